The van der Waals surface area contributed by atoms with Gasteiger partial charge in [-0.25, -0.2) is 8.42 Å². The van der Waals surface area contributed by atoms with Gasteiger partial charge in [0.1, 0.15) is 0 Å². The number of hydrogen-bond acceptors (Lipinski definition) is 6. The van der Waals surface area contributed by atoms with Gasteiger partial charge in [0.25, 0.3) is 5.91 Å². The Bertz CT molecular complexity index is 1280. The van der Waals surface area contributed by atoms with E-state index in [0.717, 1.165) is 11.1 Å². The summed E-state index contributed by atoms with van der Waals surface area (Å²) in [5.74, 6) is -0.0333. The molecule has 0 atom stereocenters. The fourth-order valence-electron chi connectivity index (χ4n) is 3.83. The molecule has 0 bridgehead atoms. The summed E-state index contributed by atoms with van der Waals surface area (Å²) >= 11 is 0. The number of carbonyl (C=O) groups is 2. The first-order chi connectivity index (χ1) is 16.8. The summed E-state index contributed by atoms with van der Waals surface area (Å²) in [6.07, 6.45) is 0. The number of aromatic nitrogens is 1. The van der Waals surface area contributed by atoms with Gasteiger partial charge in [0.2, 0.25) is 15.9 Å². The standard InChI is InChI=1S/C25H28N4O5S/c1-18(2)19-8-10-21(11-9-19)35(32,33)29-14-12-28(13-15-29)24(30)17-26-25(31)22-16-23(34-27-22)20-6-4-3-5-7-20/h3-11,16,18H,12-15,17H2,1-2H3,(H,26,31). The summed E-state index contributed by atoms with van der Waals surface area (Å²) in [5, 5.41) is 6.34. The largest absolute Gasteiger partial charge is 0.355 e. The zero-order valence-electron chi connectivity index (χ0n) is 19.7. The highest BCUT2D eigenvalue weighted by Crippen LogP contribution is 2.22. The van der Waals surface area contributed by atoms with E-state index in [9.17, 15) is 18.0 Å². The molecule has 1 aromatic heterocycles. The smallest absolute Gasteiger partial charge is 0.273 e. The molecule has 0 radical (unpaired) electrons. The normalized spacial score (nSPS) is 14.8. The molecule has 0 unspecified atom stereocenters. The van der Waals surface area contributed by atoms with Crippen LogP contribution in [0.4, 0.5) is 0 Å². The van der Waals surface area contributed by atoms with Crippen molar-refractivity contribution in [1.29, 1.82) is 0 Å². The van der Waals surface area contributed by atoms with Crippen LogP contribution in [0.2, 0.25) is 0 Å². The molecule has 1 aliphatic heterocycles. The number of sulfonamides is 1. The summed E-state index contributed by atoms with van der Waals surface area (Å²) in [5.41, 5.74) is 1.94. The molecule has 1 N–H and O–H groups in total. The molecule has 184 valence electrons. The average molecular weight is 497 g/mol. The molecule has 0 spiro atoms. The van der Waals surface area contributed by atoms with Crippen molar-refractivity contribution in [1.82, 2.24) is 19.7 Å². The van der Waals surface area contributed by atoms with Crippen molar-refractivity contribution < 1.29 is 22.5 Å². The molecular weight excluding hydrogens is 468 g/mol. The van der Waals surface area contributed by atoms with Gasteiger partial charge in [-0.2, -0.15) is 4.31 Å². The summed E-state index contributed by atoms with van der Waals surface area (Å²) < 4.78 is 32.6. The zero-order valence-corrected chi connectivity index (χ0v) is 20.5. The number of rotatable bonds is 7. The predicted octanol–water partition coefficient (Wildman–Crippen LogP) is 2.73. The third-order valence-electron chi connectivity index (χ3n) is 5.98. The minimum absolute atomic E-state index is 0.0797. The summed E-state index contributed by atoms with van der Waals surface area (Å²) in [4.78, 5) is 26.8. The molecule has 1 saturated heterocycles. The van der Waals surface area contributed by atoms with Crippen LogP contribution in [0.3, 0.4) is 0 Å². The van der Waals surface area contributed by atoms with Crippen LogP contribution in [0.25, 0.3) is 11.3 Å². The lowest BCUT2D eigenvalue weighted by Crippen LogP contribution is -2.52. The van der Waals surface area contributed by atoms with Crippen molar-refractivity contribution in [3.05, 3.63) is 71.9 Å². The maximum Gasteiger partial charge on any atom is 0.273 e. The maximum atomic E-state index is 13.0. The summed E-state index contributed by atoms with van der Waals surface area (Å²) in [6.45, 7) is 4.77. The zero-order chi connectivity index (χ0) is 25.0. The van der Waals surface area contributed by atoms with E-state index in [1.165, 1.54) is 10.4 Å². The first-order valence-corrected chi connectivity index (χ1v) is 12.9. The number of nitrogens with zero attached hydrogens (tertiary/aromatic N) is 3. The van der Waals surface area contributed by atoms with Crippen LogP contribution in [0.15, 0.2) is 70.1 Å². The summed E-state index contributed by atoms with van der Waals surface area (Å²) in [6, 6.07) is 17.7. The number of amides is 2. The van der Waals surface area contributed by atoms with E-state index >= 15 is 0 Å². The van der Waals surface area contributed by atoms with Gasteiger partial charge in [0.05, 0.1) is 11.4 Å². The Balaban J connectivity index is 1.28. The van der Waals surface area contributed by atoms with Gasteiger partial charge in [-0.1, -0.05) is 61.5 Å². The quantitative estimate of drug-likeness (QED) is 0.538. The highest BCUT2D eigenvalue weighted by molar-refractivity contribution is 7.89. The third kappa shape index (κ3) is 5.60. The first kappa shape index (κ1) is 24.6. The molecule has 2 amide bonds. The van der Waals surface area contributed by atoms with E-state index in [1.54, 1.807) is 17.0 Å². The third-order valence-corrected chi connectivity index (χ3v) is 7.89. The van der Waals surface area contributed by atoms with E-state index < -0.39 is 15.9 Å². The minimum atomic E-state index is -3.63. The van der Waals surface area contributed by atoms with Gasteiger partial charge in [-0.15, -0.1) is 0 Å². The van der Waals surface area contributed by atoms with Crippen LogP contribution >= 0.6 is 0 Å². The Morgan fingerprint density at radius 1 is 1.00 bits per heavy atom. The molecule has 1 fully saturated rings. The van der Waals surface area contributed by atoms with Crippen molar-refractivity contribution in [3.8, 4) is 11.3 Å². The van der Waals surface area contributed by atoms with Crippen molar-refractivity contribution in [2.45, 2.75) is 24.7 Å². The molecule has 4 rings (SSSR count). The second-order valence-corrected chi connectivity index (χ2v) is 10.6. The molecular formula is C25H28N4O5S. The first-order valence-electron chi connectivity index (χ1n) is 11.4. The van der Waals surface area contributed by atoms with Gasteiger partial charge in [-0.3, -0.25) is 9.59 Å². The van der Waals surface area contributed by atoms with Gasteiger partial charge >= 0.3 is 0 Å². The van der Waals surface area contributed by atoms with Gasteiger partial charge in [0, 0.05) is 37.8 Å². The van der Waals surface area contributed by atoms with E-state index in [-0.39, 0.29) is 49.2 Å². The molecule has 9 nitrogen and oxygen atoms in total. The fourth-order valence-corrected chi connectivity index (χ4v) is 5.25. The molecule has 2 heterocycles. The van der Waals surface area contributed by atoms with E-state index in [4.69, 9.17) is 4.52 Å². The number of piperazine rings is 1. The van der Waals surface area contributed by atoms with Crippen LogP contribution in [0.5, 0.6) is 0 Å². The second-order valence-electron chi connectivity index (χ2n) is 8.63. The number of hydrogen-bond donors (Lipinski definition) is 1. The topological polar surface area (TPSA) is 113 Å². The maximum absolute atomic E-state index is 13.0. The Hall–Kier alpha value is -3.50. The molecule has 0 aliphatic carbocycles. The average Bonchev–Trinajstić information content (AvgIpc) is 3.38. The minimum Gasteiger partial charge on any atom is -0.355 e. The van der Waals surface area contributed by atoms with Crippen molar-refractivity contribution in [3.63, 3.8) is 0 Å². The van der Waals surface area contributed by atoms with E-state index in [2.05, 4.69) is 24.3 Å². The van der Waals surface area contributed by atoms with Gasteiger partial charge < -0.3 is 14.7 Å². The Kier molecular flexibility index (Phi) is 7.32. The van der Waals surface area contributed by atoms with Crippen LogP contribution < -0.4 is 5.32 Å². The van der Waals surface area contributed by atoms with Crippen LogP contribution in [-0.2, 0) is 14.8 Å². The van der Waals surface area contributed by atoms with E-state index in [1.807, 2.05) is 42.5 Å². The SMILES string of the molecule is CC(C)c1ccc(S(=O)(=O)N2CCN(C(=O)CNC(=O)c3cc(-c4ccccc4)on3)CC2)cc1. The van der Waals surface area contributed by atoms with Crippen LogP contribution in [0, 0.1) is 0 Å². The van der Waals surface area contributed by atoms with Gasteiger partial charge in [0.15, 0.2) is 11.5 Å². The lowest BCUT2D eigenvalue weighted by Gasteiger charge is -2.34. The van der Waals surface area contributed by atoms with Crippen LogP contribution in [-0.4, -0.2) is 67.3 Å². The molecule has 35 heavy (non-hydrogen) atoms. The van der Waals surface area contributed by atoms with Crippen molar-refractivity contribution in [2.75, 3.05) is 32.7 Å². The molecule has 0 saturated carbocycles. The molecule has 10 heteroatoms. The van der Waals surface area contributed by atoms with Crippen molar-refractivity contribution >= 4 is 21.8 Å². The van der Waals surface area contributed by atoms with Crippen LogP contribution in [0.1, 0.15) is 35.8 Å². The van der Waals surface area contributed by atoms with Gasteiger partial charge in [-0.05, 0) is 23.6 Å². The molecule has 1 aliphatic rings. The Morgan fingerprint density at radius 2 is 1.66 bits per heavy atom. The Morgan fingerprint density at radius 3 is 2.29 bits per heavy atom. The fraction of sp³-hybridized carbons (Fsp3) is 0.320. The molecule has 2 aromatic carbocycles. The highest BCUT2D eigenvalue weighted by atomic mass is 32.2. The lowest BCUT2D eigenvalue weighted by molar-refractivity contribution is -0.131. The van der Waals surface area contributed by atoms with Crippen molar-refractivity contribution in [2.24, 2.45) is 0 Å². The number of nitrogens with one attached hydrogen (secondary N) is 1. The Labute approximate surface area is 204 Å². The molecule has 3 aromatic rings. The predicted molar refractivity (Wildman–Crippen MR) is 130 cm³/mol. The monoisotopic (exact) mass is 496 g/mol. The van der Waals surface area contributed by atoms with E-state index in [0.29, 0.717) is 11.7 Å². The number of carbonyl (C=O) groups excluding carboxylic acids is 2. The lowest BCUT2D eigenvalue weighted by atomic mass is 10.0. The number of benzene rings is 2. The summed E-state index contributed by atoms with van der Waals surface area (Å²) in [7, 11) is -3.63. The second kappa shape index (κ2) is 10.4. The highest BCUT2D eigenvalue weighted by Gasteiger charge is 2.30.